The molecule has 130 valence electrons. The second-order valence-corrected chi connectivity index (χ2v) is 7.94. The summed E-state index contributed by atoms with van der Waals surface area (Å²) < 4.78 is 25.6. The first kappa shape index (κ1) is 19.5. The summed E-state index contributed by atoms with van der Waals surface area (Å²) in [7, 11) is -3.38. The van der Waals surface area contributed by atoms with Crippen molar-refractivity contribution in [3.05, 3.63) is 29.3 Å². The van der Waals surface area contributed by atoms with Gasteiger partial charge in [0.25, 0.3) is 0 Å². The topological polar surface area (TPSA) is 66.5 Å². The first-order chi connectivity index (χ1) is 10.7. The Morgan fingerprint density at radius 2 is 1.96 bits per heavy atom. The molecule has 0 bridgehead atoms. The third kappa shape index (κ3) is 5.86. The minimum atomic E-state index is -3.38. The molecular formula is C17H28N2O3S. The molecule has 23 heavy (non-hydrogen) atoms. The minimum Gasteiger partial charge on any atom is -0.354 e. The van der Waals surface area contributed by atoms with Gasteiger partial charge >= 0.3 is 0 Å². The number of aryl methyl sites for hydroxylation is 1. The van der Waals surface area contributed by atoms with Gasteiger partial charge < -0.3 is 5.32 Å². The van der Waals surface area contributed by atoms with Gasteiger partial charge in [0.1, 0.15) is 0 Å². The lowest BCUT2D eigenvalue weighted by molar-refractivity contribution is -0.121. The van der Waals surface area contributed by atoms with Crippen molar-refractivity contribution >= 4 is 21.6 Å². The molecule has 1 N–H and O–H groups in total. The molecule has 1 aromatic rings. The van der Waals surface area contributed by atoms with E-state index in [1.54, 1.807) is 0 Å². The summed E-state index contributed by atoms with van der Waals surface area (Å²) in [4.78, 5) is 11.8. The van der Waals surface area contributed by atoms with Gasteiger partial charge in [0.05, 0.1) is 11.9 Å². The van der Waals surface area contributed by atoms with Crippen molar-refractivity contribution in [2.75, 3.05) is 17.1 Å². The number of amides is 1. The van der Waals surface area contributed by atoms with E-state index in [-0.39, 0.29) is 11.9 Å². The number of benzene rings is 1. The maximum atomic E-state index is 12.1. The van der Waals surface area contributed by atoms with Crippen LogP contribution in [-0.2, 0) is 14.8 Å². The molecule has 0 heterocycles. The molecule has 0 aromatic heterocycles. The van der Waals surface area contributed by atoms with E-state index in [2.05, 4.69) is 5.32 Å². The van der Waals surface area contributed by atoms with Gasteiger partial charge in [-0.1, -0.05) is 19.1 Å². The van der Waals surface area contributed by atoms with E-state index >= 15 is 0 Å². The van der Waals surface area contributed by atoms with Crippen LogP contribution in [0.4, 0.5) is 5.69 Å². The van der Waals surface area contributed by atoms with Crippen LogP contribution in [0.3, 0.4) is 0 Å². The molecule has 1 atom stereocenters. The number of nitrogens with one attached hydrogen (secondary N) is 1. The van der Waals surface area contributed by atoms with Crippen LogP contribution in [0.5, 0.6) is 0 Å². The molecule has 1 amide bonds. The third-order valence-corrected chi connectivity index (χ3v) is 5.21. The molecule has 0 aliphatic heterocycles. The first-order valence-corrected chi connectivity index (χ1v) is 9.85. The SMILES string of the molecule is CC[C@H](C)NC(=O)CCCN(c1cccc(C)c1C)S(C)(=O)=O. The standard InChI is InChI=1S/C17H28N2O3S/c1-6-14(3)18-17(20)11-8-12-19(23(5,21)22)16-10-7-9-13(2)15(16)4/h7,9-10,14H,6,8,11-12H2,1-5H3,(H,18,20)/t14-/m0/s1. The zero-order valence-electron chi connectivity index (χ0n) is 14.7. The highest BCUT2D eigenvalue weighted by molar-refractivity contribution is 7.92. The van der Waals surface area contributed by atoms with Gasteiger partial charge in [-0.05, 0) is 50.8 Å². The number of rotatable bonds is 8. The maximum absolute atomic E-state index is 12.1. The lowest BCUT2D eigenvalue weighted by Gasteiger charge is -2.25. The van der Waals surface area contributed by atoms with E-state index in [1.165, 1.54) is 10.6 Å². The van der Waals surface area contributed by atoms with Gasteiger partial charge in [-0.2, -0.15) is 0 Å². The monoisotopic (exact) mass is 340 g/mol. The number of anilines is 1. The van der Waals surface area contributed by atoms with Gasteiger partial charge in [-0.25, -0.2) is 8.42 Å². The predicted molar refractivity (Wildman–Crippen MR) is 95.2 cm³/mol. The summed E-state index contributed by atoms with van der Waals surface area (Å²) in [6, 6.07) is 5.76. The van der Waals surface area contributed by atoms with Crippen LogP contribution in [0, 0.1) is 13.8 Å². The fourth-order valence-electron chi connectivity index (χ4n) is 2.30. The molecule has 0 spiro atoms. The second-order valence-electron chi connectivity index (χ2n) is 6.03. The molecule has 0 aliphatic carbocycles. The van der Waals surface area contributed by atoms with Gasteiger partial charge in [-0.3, -0.25) is 9.10 Å². The summed E-state index contributed by atoms with van der Waals surface area (Å²) in [6.07, 6.45) is 2.89. The van der Waals surface area contributed by atoms with E-state index in [9.17, 15) is 13.2 Å². The van der Waals surface area contributed by atoms with Crippen LogP contribution >= 0.6 is 0 Å². The van der Waals surface area contributed by atoms with Crippen molar-refractivity contribution in [3.8, 4) is 0 Å². The summed E-state index contributed by atoms with van der Waals surface area (Å²) in [6.45, 7) is 8.14. The quantitative estimate of drug-likeness (QED) is 0.791. The summed E-state index contributed by atoms with van der Waals surface area (Å²) in [5, 5.41) is 2.90. The minimum absolute atomic E-state index is 0.0336. The Bertz CT molecular complexity index is 641. The van der Waals surface area contributed by atoms with Gasteiger partial charge in [-0.15, -0.1) is 0 Å². The number of hydrogen-bond acceptors (Lipinski definition) is 3. The van der Waals surface area contributed by atoms with Crippen molar-refractivity contribution in [2.24, 2.45) is 0 Å². The van der Waals surface area contributed by atoms with Crippen LogP contribution in [0.2, 0.25) is 0 Å². The maximum Gasteiger partial charge on any atom is 0.232 e. The van der Waals surface area contributed by atoms with Crippen molar-refractivity contribution in [3.63, 3.8) is 0 Å². The Morgan fingerprint density at radius 3 is 2.52 bits per heavy atom. The number of carbonyl (C=O) groups is 1. The Morgan fingerprint density at radius 1 is 1.30 bits per heavy atom. The normalized spacial score (nSPS) is 12.7. The van der Waals surface area contributed by atoms with Gasteiger partial charge in [0.2, 0.25) is 15.9 Å². The zero-order valence-corrected chi connectivity index (χ0v) is 15.5. The second kappa shape index (κ2) is 8.34. The molecule has 5 nitrogen and oxygen atoms in total. The molecule has 0 saturated carbocycles. The molecule has 0 unspecified atom stereocenters. The van der Waals surface area contributed by atoms with E-state index in [1.807, 2.05) is 45.9 Å². The largest absolute Gasteiger partial charge is 0.354 e. The summed E-state index contributed by atoms with van der Waals surface area (Å²) in [5.41, 5.74) is 2.68. The molecule has 0 saturated heterocycles. The fourth-order valence-corrected chi connectivity index (χ4v) is 3.32. The van der Waals surface area contributed by atoms with Gasteiger partial charge in [0.15, 0.2) is 0 Å². The zero-order chi connectivity index (χ0) is 17.6. The van der Waals surface area contributed by atoms with Crippen LogP contribution < -0.4 is 9.62 Å². The van der Waals surface area contributed by atoms with Crippen LogP contribution in [-0.4, -0.2) is 33.2 Å². The predicted octanol–water partition coefficient (Wildman–Crippen LogP) is 2.76. The number of nitrogens with zero attached hydrogens (tertiary/aromatic N) is 1. The highest BCUT2D eigenvalue weighted by Gasteiger charge is 2.20. The lowest BCUT2D eigenvalue weighted by Crippen LogP contribution is -2.34. The van der Waals surface area contributed by atoms with Crippen molar-refractivity contribution in [2.45, 2.75) is 53.0 Å². The van der Waals surface area contributed by atoms with Crippen molar-refractivity contribution < 1.29 is 13.2 Å². The molecule has 6 heteroatoms. The van der Waals surface area contributed by atoms with E-state index in [4.69, 9.17) is 0 Å². The number of carbonyl (C=O) groups excluding carboxylic acids is 1. The van der Waals surface area contributed by atoms with E-state index in [0.717, 1.165) is 17.5 Å². The van der Waals surface area contributed by atoms with E-state index in [0.29, 0.717) is 25.1 Å². The Hall–Kier alpha value is -1.56. The van der Waals surface area contributed by atoms with Crippen LogP contribution in [0.1, 0.15) is 44.2 Å². The third-order valence-electron chi connectivity index (χ3n) is 4.03. The average molecular weight is 340 g/mol. The van der Waals surface area contributed by atoms with E-state index < -0.39 is 10.0 Å². The lowest BCUT2D eigenvalue weighted by atomic mass is 10.1. The van der Waals surface area contributed by atoms with Crippen molar-refractivity contribution in [1.82, 2.24) is 5.32 Å². The van der Waals surface area contributed by atoms with Gasteiger partial charge in [0, 0.05) is 19.0 Å². The van der Waals surface area contributed by atoms with Crippen LogP contribution in [0.15, 0.2) is 18.2 Å². The van der Waals surface area contributed by atoms with Crippen molar-refractivity contribution in [1.29, 1.82) is 0 Å². The Kier molecular flexibility index (Phi) is 7.06. The Balaban J connectivity index is 2.79. The molecular weight excluding hydrogens is 312 g/mol. The van der Waals surface area contributed by atoms with Crippen LogP contribution in [0.25, 0.3) is 0 Å². The molecule has 1 aromatic carbocycles. The number of hydrogen-bond donors (Lipinski definition) is 1. The Labute approximate surface area is 140 Å². The smallest absolute Gasteiger partial charge is 0.232 e. The molecule has 0 radical (unpaired) electrons. The average Bonchev–Trinajstić information content (AvgIpc) is 2.45. The fraction of sp³-hybridized carbons (Fsp3) is 0.588. The molecule has 0 fully saturated rings. The molecule has 1 rings (SSSR count). The highest BCUT2D eigenvalue weighted by atomic mass is 32.2. The summed E-state index contributed by atoms with van der Waals surface area (Å²) >= 11 is 0. The first-order valence-electron chi connectivity index (χ1n) is 8.00. The molecule has 0 aliphatic rings. The highest BCUT2D eigenvalue weighted by Crippen LogP contribution is 2.25. The summed E-state index contributed by atoms with van der Waals surface area (Å²) in [5.74, 6) is -0.0336. The number of sulfonamides is 1.